The Labute approximate surface area is 108 Å². The van der Waals surface area contributed by atoms with Gasteiger partial charge in [0.2, 0.25) is 5.89 Å². The molecule has 2 rings (SSSR count). The first-order valence-corrected chi connectivity index (χ1v) is 6.66. The summed E-state index contributed by atoms with van der Waals surface area (Å²) in [6.45, 7) is 6.22. The third-order valence-electron chi connectivity index (χ3n) is 3.97. The highest BCUT2D eigenvalue weighted by Crippen LogP contribution is 2.41. The molecule has 0 radical (unpaired) electrons. The molecule has 1 saturated carbocycles. The van der Waals surface area contributed by atoms with Gasteiger partial charge in [-0.3, -0.25) is 0 Å². The van der Waals surface area contributed by atoms with Crippen molar-refractivity contribution in [3.63, 3.8) is 0 Å². The molecule has 1 heterocycles. The fourth-order valence-corrected chi connectivity index (χ4v) is 2.41. The van der Waals surface area contributed by atoms with E-state index in [1.807, 2.05) is 0 Å². The first-order chi connectivity index (χ1) is 8.39. The molecule has 2 unspecified atom stereocenters. The molecular weight excluding hydrogens is 230 g/mol. The summed E-state index contributed by atoms with van der Waals surface area (Å²) < 4.78 is 5.15. The van der Waals surface area contributed by atoms with Gasteiger partial charge in [-0.25, -0.2) is 0 Å². The molecule has 0 saturated heterocycles. The van der Waals surface area contributed by atoms with Crippen LogP contribution in [-0.4, -0.2) is 21.4 Å². The van der Waals surface area contributed by atoms with E-state index in [4.69, 9.17) is 10.3 Å². The van der Waals surface area contributed by atoms with Crippen molar-refractivity contribution >= 4 is 0 Å². The van der Waals surface area contributed by atoms with Crippen molar-refractivity contribution in [1.82, 2.24) is 10.1 Å². The minimum absolute atomic E-state index is 0.338. The fraction of sp³-hybridized carbons (Fsp3) is 0.846. The van der Waals surface area contributed by atoms with Crippen LogP contribution in [0.15, 0.2) is 4.52 Å². The van der Waals surface area contributed by atoms with E-state index < -0.39 is 12.1 Å². The van der Waals surface area contributed by atoms with Gasteiger partial charge in [-0.05, 0) is 38.0 Å². The molecule has 5 nitrogen and oxygen atoms in total. The molecule has 5 heteroatoms. The number of rotatable bonds is 3. The molecular formula is C13H23N3O2. The molecule has 18 heavy (non-hydrogen) atoms. The molecule has 1 aliphatic rings. The van der Waals surface area contributed by atoms with E-state index in [0.717, 1.165) is 18.7 Å². The number of aliphatic hydroxyl groups excluding tert-OH is 1. The van der Waals surface area contributed by atoms with Crippen LogP contribution in [0.4, 0.5) is 0 Å². The van der Waals surface area contributed by atoms with Crippen molar-refractivity contribution < 1.29 is 9.63 Å². The average Bonchev–Trinajstić information content (AvgIpc) is 2.77. The lowest BCUT2D eigenvalue weighted by Crippen LogP contribution is -2.24. The maximum Gasteiger partial charge on any atom is 0.246 e. The fourth-order valence-electron chi connectivity index (χ4n) is 2.41. The van der Waals surface area contributed by atoms with E-state index >= 15 is 0 Å². The molecule has 0 amide bonds. The van der Waals surface area contributed by atoms with Gasteiger partial charge in [-0.15, -0.1) is 0 Å². The van der Waals surface area contributed by atoms with Crippen molar-refractivity contribution in [3.05, 3.63) is 11.7 Å². The zero-order chi connectivity index (χ0) is 13.3. The Morgan fingerprint density at radius 3 is 2.56 bits per heavy atom. The number of hydrogen-bond donors (Lipinski definition) is 2. The van der Waals surface area contributed by atoms with Gasteiger partial charge < -0.3 is 15.4 Å². The van der Waals surface area contributed by atoms with E-state index in [2.05, 4.69) is 24.0 Å². The van der Waals surface area contributed by atoms with E-state index in [1.165, 1.54) is 12.8 Å². The van der Waals surface area contributed by atoms with Crippen LogP contribution in [0.1, 0.15) is 70.1 Å². The highest BCUT2D eigenvalue weighted by Gasteiger charge is 2.31. The van der Waals surface area contributed by atoms with Gasteiger partial charge in [0.25, 0.3) is 0 Å². The van der Waals surface area contributed by atoms with Gasteiger partial charge in [0.05, 0.1) is 6.10 Å². The third-order valence-corrected chi connectivity index (χ3v) is 3.97. The molecule has 1 fully saturated rings. The predicted octanol–water partition coefficient (Wildman–Crippen LogP) is 2.13. The molecule has 0 spiro atoms. The van der Waals surface area contributed by atoms with Crippen molar-refractivity contribution in [2.24, 2.45) is 11.1 Å². The van der Waals surface area contributed by atoms with Gasteiger partial charge in [-0.2, -0.15) is 4.98 Å². The smallest absolute Gasteiger partial charge is 0.246 e. The van der Waals surface area contributed by atoms with Crippen LogP contribution in [0.5, 0.6) is 0 Å². The van der Waals surface area contributed by atoms with E-state index in [-0.39, 0.29) is 0 Å². The third kappa shape index (κ3) is 2.90. The zero-order valence-electron chi connectivity index (χ0n) is 11.4. The quantitative estimate of drug-likeness (QED) is 0.862. The lowest BCUT2D eigenvalue weighted by molar-refractivity contribution is 0.146. The van der Waals surface area contributed by atoms with Crippen molar-refractivity contribution in [3.8, 4) is 0 Å². The summed E-state index contributed by atoms with van der Waals surface area (Å²) in [4.78, 5) is 4.34. The first kappa shape index (κ1) is 13.5. The van der Waals surface area contributed by atoms with Crippen molar-refractivity contribution in [2.75, 3.05) is 0 Å². The number of nitrogens with zero attached hydrogens (tertiary/aromatic N) is 2. The molecule has 1 aliphatic carbocycles. The number of hydrogen-bond acceptors (Lipinski definition) is 5. The zero-order valence-corrected chi connectivity index (χ0v) is 11.4. The Morgan fingerprint density at radius 1 is 1.39 bits per heavy atom. The summed E-state index contributed by atoms with van der Waals surface area (Å²) in [5.41, 5.74) is 6.21. The molecule has 1 aromatic heterocycles. The molecule has 0 aromatic carbocycles. The van der Waals surface area contributed by atoms with Crippen molar-refractivity contribution in [1.29, 1.82) is 0 Å². The first-order valence-electron chi connectivity index (χ1n) is 6.66. The lowest BCUT2D eigenvalue weighted by atomic mass is 9.73. The number of nitrogens with two attached hydrogens (primary N) is 1. The summed E-state index contributed by atoms with van der Waals surface area (Å²) in [6, 6.07) is -0.591. The summed E-state index contributed by atoms with van der Waals surface area (Å²) >= 11 is 0. The normalized spacial score (nSPS) is 23.8. The predicted molar refractivity (Wildman–Crippen MR) is 67.9 cm³/mol. The standard InChI is InChI=1S/C13H23N3O2/c1-8(17)10(14)12-15-11(16-18-12)9-4-6-13(2,3)7-5-9/h8-10,17H,4-7,14H2,1-3H3. The Bertz CT molecular complexity index is 391. The van der Waals surface area contributed by atoms with E-state index in [9.17, 15) is 5.11 Å². The van der Waals surface area contributed by atoms with Crippen LogP contribution in [-0.2, 0) is 0 Å². The van der Waals surface area contributed by atoms with Gasteiger partial charge in [0, 0.05) is 5.92 Å². The largest absolute Gasteiger partial charge is 0.391 e. The van der Waals surface area contributed by atoms with E-state index in [0.29, 0.717) is 17.2 Å². The molecule has 0 aliphatic heterocycles. The molecule has 0 bridgehead atoms. The summed E-state index contributed by atoms with van der Waals surface area (Å²) in [5, 5.41) is 13.4. The second kappa shape index (κ2) is 4.97. The van der Waals surface area contributed by atoms with Crippen LogP contribution in [0, 0.1) is 5.41 Å². The van der Waals surface area contributed by atoms with Crippen LogP contribution < -0.4 is 5.73 Å². The van der Waals surface area contributed by atoms with Crippen LogP contribution >= 0.6 is 0 Å². The minimum Gasteiger partial charge on any atom is -0.391 e. The number of aliphatic hydroxyl groups is 1. The Hall–Kier alpha value is -0.940. The Balaban J connectivity index is 2.03. The summed E-state index contributed by atoms with van der Waals surface area (Å²) in [7, 11) is 0. The van der Waals surface area contributed by atoms with Gasteiger partial charge in [0.15, 0.2) is 5.82 Å². The maximum absolute atomic E-state index is 9.41. The highest BCUT2D eigenvalue weighted by atomic mass is 16.5. The maximum atomic E-state index is 9.41. The van der Waals surface area contributed by atoms with Crippen LogP contribution in [0.2, 0.25) is 0 Å². The average molecular weight is 253 g/mol. The van der Waals surface area contributed by atoms with Gasteiger partial charge in [-0.1, -0.05) is 19.0 Å². The SMILES string of the molecule is CC(O)C(N)c1nc(C2CCC(C)(C)CC2)no1. The molecule has 102 valence electrons. The topological polar surface area (TPSA) is 85.2 Å². The second-order valence-corrected chi connectivity index (χ2v) is 6.20. The monoisotopic (exact) mass is 253 g/mol. The van der Waals surface area contributed by atoms with Crippen LogP contribution in [0.25, 0.3) is 0 Å². The van der Waals surface area contributed by atoms with Crippen molar-refractivity contribution in [2.45, 2.75) is 64.5 Å². The highest BCUT2D eigenvalue weighted by molar-refractivity contribution is 5.01. The lowest BCUT2D eigenvalue weighted by Gasteiger charge is -2.32. The van der Waals surface area contributed by atoms with Gasteiger partial charge >= 0.3 is 0 Å². The Morgan fingerprint density at radius 2 is 2.00 bits per heavy atom. The summed E-state index contributed by atoms with van der Waals surface area (Å²) in [5.74, 6) is 1.46. The second-order valence-electron chi connectivity index (χ2n) is 6.20. The molecule has 2 atom stereocenters. The van der Waals surface area contributed by atoms with E-state index in [1.54, 1.807) is 6.92 Å². The Kier molecular flexibility index (Phi) is 3.73. The number of aromatic nitrogens is 2. The minimum atomic E-state index is -0.677. The van der Waals surface area contributed by atoms with Crippen LogP contribution in [0.3, 0.4) is 0 Å². The molecule has 1 aromatic rings. The van der Waals surface area contributed by atoms with Gasteiger partial charge in [0.1, 0.15) is 6.04 Å². The summed E-state index contributed by atoms with van der Waals surface area (Å²) in [6.07, 6.45) is 3.88. The molecule has 3 N–H and O–H groups in total.